The van der Waals surface area contributed by atoms with Gasteiger partial charge in [0.05, 0.1) is 5.69 Å². The number of aromatic hydroxyl groups is 1. The van der Waals surface area contributed by atoms with Crippen LogP contribution in [0.15, 0.2) is 18.2 Å². The molecule has 0 aromatic heterocycles. The first kappa shape index (κ1) is 14.4. The number of rotatable bonds is 4. The molecule has 0 spiro atoms. The van der Waals surface area contributed by atoms with Gasteiger partial charge in [-0.15, -0.1) is 0 Å². The number of carbonyl (C=O) groups excluding carboxylic acids is 1. The fourth-order valence-corrected chi connectivity index (χ4v) is 4.33. The minimum atomic E-state index is 0.212. The summed E-state index contributed by atoms with van der Waals surface area (Å²) in [5.74, 6) is 2.68. The van der Waals surface area contributed by atoms with Crippen molar-refractivity contribution in [3.05, 3.63) is 23.8 Å². The average Bonchev–Trinajstić information content (AvgIpc) is 3.06. The van der Waals surface area contributed by atoms with Crippen LogP contribution in [0.2, 0.25) is 0 Å². The summed E-state index contributed by atoms with van der Waals surface area (Å²) < 4.78 is 0. The van der Waals surface area contributed by atoms with Crippen molar-refractivity contribution in [1.29, 1.82) is 0 Å². The molecule has 2 bridgehead atoms. The Morgan fingerprint density at radius 3 is 2.76 bits per heavy atom. The number of amides is 1. The minimum absolute atomic E-state index is 0.212. The van der Waals surface area contributed by atoms with Crippen LogP contribution in [0.25, 0.3) is 0 Å². The van der Waals surface area contributed by atoms with Crippen molar-refractivity contribution in [2.24, 2.45) is 17.8 Å². The van der Waals surface area contributed by atoms with Gasteiger partial charge in [-0.3, -0.25) is 4.79 Å². The number of anilines is 1. The van der Waals surface area contributed by atoms with Crippen LogP contribution in [0, 0.1) is 24.7 Å². The monoisotopic (exact) mass is 287 g/mol. The number of hydrogen-bond donors (Lipinski definition) is 1. The summed E-state index contributed by atoms with van der Waals surface area (Å²) in [6.07, 6.45) is 5.95. The summed E-state index contributed by atoms with van der Waals surface area (Å²) in [7, 11) is 0. The molecule has 2 fully saturated rings. The lowest BCUT2D eigenvalue weighted by Gasteiger charge is -2.27. The zero-order chi connectivity index (χ0) is 15.0. The maximum Gasteiger partial charge on any atom is 0.227 e. The summed E-state index contributed by atoms with van der Waals surface area (Å²) in [6.45, 7) is 4.65. The number of aryl methyl sites for hydroxylation is 1. The standard InChI is InChI=1S/C18H25NO2/c1-3-19(17-11-16(20)7-4-12(17)2)18(21)10-15-9-13-5-6-14(15)8-13/h4,7,11,13-15,20H,3,5-6,8-10H2,1-2H3. The number of phenolic OH excluding ortho intramolecular Hbond substituents is 1. The molecule has 2 aliphatic carbocycles. The van der Waals surface area contributed by atoms with Gasteiger partial charge >= 0.3 is 0 Å². The van der Waals surface area contributed by atoms with Crippen LogP contribution in [0.3, 0.4) is 0 Å². The van der Waals surface area contributed by atoms with E-state index in [0.29, 0.717) is 18.9 Å². The van der Waals surface area contributed by atoms with Gasteiger partial charge in [0.15, 0.2) is 0 Å². The molecule has 21 heavy (non-hydrogen) atoms. The molecular weight excluding hydrogens is 262 g/mol. The topological polar surface area (TPSA) is 40.5 Å². The van der Waals surface area contributed by atoms with Gasteiger partial charge in [-0.05, 0) is 62.5 Å². The van der Waals surface area contributed by atoms with Gasteiger partial charge in [0.2, 0.25) is 5.91 Å². The second-order valence-electron chi connectivity index (χ2n) is 6.75. The predicted octanol–water partition coefficient (Wildman–Crippen LogP) is 3.88. The summed E-state index contributed by atoms with van der Waals surface area (Å²) in [6, 6.07) is 5.25. The number of fused-ring (bicyclic) bond motifs is 2. The number of benzene rings is 1. The first-order valence-electron chi connectivity index (χ1n) is 8.18. The summed E-state index contributed by atoms with van der Waals surface area (Å²) in [5.41, 5.74) is 1.89. The highest BCUT2D eigenvalue weighted by molar-refractivity contribution is 5.94. The van der Waals surface area contributed by atoms with Gasteiger partial charge in [0.1, 0.15) is 5.75 Å². The third-order valence-corrected chi connectivity index (χ3v) is 5.42. The van der Waals surface area contributed by atoms with Crippen molar-refractivity contribution >= 4 is 11.6 Å². The van der Waals surface area contributed by atoms with E-state index in [9.17, 15) is 9.90 Å². The van der Waals surface area contributed by atoms with E-state index in [1.807, 2.05) is 24.8 Å². The highest BCUT2D eigenvalue weighted by Crippen LogP contribution is 2.49. The van der Waals surface area contributed by atoms with E-state index < -0.39 is 0 Å². The summed E-state index contributed by atoms with van der Waals surface area (Å²) in [4.78, 5) is 14.5. The predicted molar refractivity (Wildman–Crippen MR) is 84.4 cm³/mol. The molecule has 3 heteroatoms. The largest absolute Gasteiger partial charge is 0.508 e. The Hall–Kier alpha value is -1.51. The quantitative estimate of drug-likeness (QED) is 0.913. The van der Waals surface area contributed by atoms with Crippen molar-refractivity contribution in [3.63, 3.8) is 0 Å². The molecule has 1 amide bonds. The fraction of sp³-hybridized carbons (Fsp3) is 0.611. The van der Waals surface area contributed by atoms with Gasteiger partial charge < -0.3 is 10.0 Å². The number of phenols is 1. The Morgan fingerprint density at radius 1 is 1.33 bits per heavy atom. The van der Waals surface area contributed by atoms with Gasteiger partial charge in [-0.2, -0.15) is 0 Å². The number of hydrogen-bond acceptors (Lipinski definition) is 2. The molecule has 114 valence electrons. The van der Waals surface area contributed by atoms with Crippen LogP contribution < -0.4 is 4.90 Å². The highest BCUT2D eigenvalue weighted by atomic mass is 16.3. The Labute approximate surface area is 127 Å². The molecule has 0 heterocycles. The smallest absolute Gasteiger partial charge is 0.227 e. The van der Waals surface area contributed by atoms with E-state index in [-0.39, 0.29) is 11.7 Å². The zero-order valence-corrected chi connectivity index (χ0v) is 13.0. The van der Waals surface area contributed by atoms with E-state index in [1.165, 1.54) is 25.7 Å². The molecule has 0 saturated heterocycles. The zero-order valence-electron chi connectivity index (χ0n) is 13.0. The average molecular weight is 287 g/mol. The number of carbonyl (C=O) groups is 1. The highest BCUT2D eigenvalue weighted by Gasteiger charge is 2.40. The third-order valence-electron chi connectivity index (χ3n) is 5.42. The van der Waals surface area contributed by atoms with Crippen molar-refractivity contribution in [2.45, 2.75) is 46.0 Å². The Bertz CT molecular complexity index is 540. The van der Waals surface area contributed by atoms with Crippen LogP contribution in [0.1, 0.15) is 44.6 Å². The molecule has 2 saturated carbocycles. The van der Waals surface area contributed by atoms with Gasteiger partial charge in [0, 0.05) is 19.0 Å². The second-order valence-corrected chi connectivity index (χ2v) is 6.75. The van der Waals surface area contributed by atoms with Crippen molar-refractivity contribution in [1.82, 2.24) is 0 Å². The molecule has 0 aliphatic heterocycles. The van der Waals surface area contributed by atoms with Crippen molar-refractivity contribution in [3.8, 4) is 5.75 Å². The van der Waals surface area contributed by atoms with E-state index in [1.54, 1.807) is 12.1 Å². The Morgan fingerprint density at radius 2 is 2.14 bits per heavy atom. The lowest BCUT2D eigenvalue weighted by Crippen LogP contribution is -2.33. The second kappa shape index (κ2) is 5.70. The summed E-state index contributed by atoms with van der Waals surface area (Å²) in [5, 5.41) is 9.70. The maximum atomic E-state index is 12.7. The van der Waals surface area contributed by atoms with Crippen LogP contribution in [-0.4, -0.2) is 17.6 Å². The number of nitrogens with zero attached hydrogens (tertiary/aromatic N) is 1. The Balaban J connectivity index is 1.73. The fourth-order valence-electron chi connectivity index (χ4n) is 4.33. The first-order valence-corrected chi connectivity index (χ1v) is 8.18. The summed E-state index contributed by atoms with van der Waals surface area (Å²) >= 11 is 0. The molecule has 3 unspecified atom stereocenters. The molecule has 3 rings (SSSR count). The van der Waals surface area contributed by atoms with Crippen molar-refractivity contribution in [2.75, 3.05) is 11.4 Å². The maximum absolute atomic E-state index is 12.7. The molecule has 0 radical (unpaired) electrons. The van der Waals surface area contributed by atoms with Gasteiger partial charge in [-0.25, -0.2) is 0 Å². The molecule has 3 atom stereocenters. The molecular formula is C18H25NO2. The van der Waals surface area contributed by atoms with Crippen LogP contribution in [0.4, 0.5) is 5.69 Å². The van der Waals surface area contributed by atoms with Crippen LogP contribution >= 0.6 is 0 Å². The molecule has 1 aromatic rings. The lowest BCUT2D eigenvalue weighted by molar-refractivity contribution is -0.119. The normalized spacial score (nSPS) is 27.0. The van der Waals surface area contributed by atoms with E-state index in [4.69, 9.17) is 0 Å². The lowest BCUT2D eigenvalue weighted by atomic mass is 9.86. The van der Waals surface area contributed by atoms with Crippen LogP contribution in [-0.2, 0) is 4.79 Å². The van der Waals surface area contributed by atoms with Crippen LogP contribution in [0.5, 0.6) is 5.75 Å². The molecule has 1 N–H and O–H groups in total. The van der Waals surface area contributed by atoms with Gasteiger partial charge in [0.25, 0.3) is 0 Å². The minimum Gasteiger partial charge on any atom is -0.508 e. The Kier molecular flexibility index (Phi) is 3.92. The van der Waals surface area contributed by atoms with Gasteiger partial charge in [-0.1, -0.05) is 12.5 Å². The molecule has 1 aromatic carbocycles. The van der Waals surface area contributed by atoms with E-state index >= 15 is 0 Å². The third kappa shape index (κ3) is 2.78. The SMILES string of the molecule is CCN(C(=O)CC1CC2CCC1C2)c1cc(O)ccc1C. The first-order chi connectivity index (χ1) is 10.1. The molecule has 3 nitrogen and oxygen atoms in total. The van der Waals surface area contributed by atoms with Crippen molar-refractivity contribution < 1.29 is 9.90 Å². The van der Waals surface area contributed by atoms with E-state index in [2.05, 4.69) is 0 Å². The molecule has 2 aliphatic rings. The van der Waals surface area contributed by atoms with E-state index in [0.717, 1.165) is 23.1 Å².